The number of aromatic nitrogens is 2. The van der Waals surface area contributed by atoms with Crippen LogP contribution in [0.4, 0.5) is 20.3 Å². The van der Waals surface area contributed by atoms with Crippen LogP contribution in [0.3, 0.4) is 0 Å². The Morgan fingerprint density at radius 1 is 1.14 bits per heavy atom. The van der Waals surface area contributed by atoms with Crippen molar-refractivity contribution in [3.63, 3.8) is 0 Å². The predicted octanol–water partition coefficient (Wildman–Crippen LogP) is 3.33. The first kappa shape index (κ1) is 18.4. The molecule has 2 fully saturated rings. The minimum absolute atomic E-state index is 0.241. The molecule has 0 unspecified atom stereocenters. The molecule has 1 aromatic heterocycles. The van der Waals surface area contributed by atoms with Gasteiger partial charge in [0, 0.05) is 43.6 Å². The zero-order valence-corrected chi connectivity index (χ0v) is 16.2. The van der Waals surface area contributed by atoms with E-state index in [2.05, 4.69) is 15.0 Å². The molecular formula is C21H22F2N4O2. The lowest BCUT2D eigenvalue weighted by Crippen LogP contribution is -2.44. The molecule has 5 rings (SSSR count). The Hall–Kier alpha value is -2.61. The zero-order chi connectivity index (χ0) is 20.2. The van der Waals surface area contributed by atoms with Crippen molar-refractivity contribution in [3.8, 4) is 5.75 Å². The highest BCUT2D eigenvalue weighted by Crippen LogP contribution is 2.43. The summed E-state index contributed by atoms with van der Waals surface area (Å²) in [5.41, 5.74) is 0.902. The van der Waals surface area contributed by atoms with E-state index in [1.165, 1.54) is 12.4 Å². The summed E-state index contributed by atoms with van der Waals surface area (Å²) in [7, 11) is 0. The molecular weight excluding hydrogens is 378 g/mol. The molecule has 152 valence electrons. The molecule has 0 radical (unpaired) electrons. The van der Waals surface area contributed by atoms with Gasteiger partial charge in [0.05, 0.1) is 23.7 Å². The standard InChI is InChI=1S/C21H22F2N4O2/c1-20(2-3-20)29-17-8-13-15(9-14(17)22)26-19(13)16-10-18(25-12-24-16)27-6-4-21(23,11-28)5-7-27/h8-10,12,28H,2-7,11H2,1H3. The lowest BCUT2D eigenvalue weighted by Gasteiger charge is -2.36. The van der Waals surface area contributed by atoms with Gasteiger partial charge < -0.3 is 14.7 Å². The van der Waals surface area contributed by atoms with Gasteiger partial charge in [-0.3, -0.25) is 0 Å². The lowest BCUT2D eigenvalue weighted by atomic mass is 9.94. The van der Waals surface area contributed by atoms with E-state index in [9.17, 15) is 13.9 Å². The quantitative estimate of drug-likeness (QED) is 0.711. The van der Waals surface area contributed by atoms with Crippen molar-refractivity contribution in [2.75, 3.05) is 24.6 Å². The maximum atomic E-state index is 14.3. The third-order valence-electron chi connectivity index (χ3n) is 6.01. The molecule has 2 aliphatic heterocycles. The van der Waals surface area contributed by atoms with Crippen molar-refractivity contribution in [3.05, 3.63) is 41.6 Å². The highest BCUT2D eigenvalue weighted by molar-refractivity contribution is 6.21. The van der Waals surface area contributed by atoms with Crippen molar-refractivity contribution in [1.29, 1.82) is 0 Å². The summed E-state index contributed by atoms with van der Waals surface area (Å²) in [5.74, 6) is 0.523. The van der Waals surface area contributed by atoms with Crippen molar-refractivity contribution in [2.45, 2.75) is 43.9 Å². The van der Waals surface area contributed by atoms with Crippen molar-refractivity contribution in [1.82, 2.24) is 9.97 Å². The molecule has 1 saturated heterocycles. The van der Waals surface area contributed by atoms with Crippen LogP contribution in [0.25, 0.3) is 0 Å². The van der Waals surface area contributed by atoms with Crippen molar-refractivity contribution in [2.24, 2.45) is 4.99 Å². The van der Waals surface area contributed by atoms with Gasteiger partial charge in [0.2, 0.25) is 0 Å². The molecule has 3 heterocycles. The minimum Gasteiger partial charge on any atom is -0.484 e. The van der Waals surface area contributed by atoms with E-state index in [0.29, 0.717) is 36.0 Å². The van der Waals surface area contributed by atoms with E-state index < -0.39 is 18.1 Å². The topological polar surface area (TPSA) is 70.8 Å². The molecule has 1 aromatic carbocycles. The fourth-order valence-corrected chi connectivity index (χ4v) is 3.71. The van der Waals surface area contributed by atoms with Gasteiger partial charge in [-0.25, -0.2) is 23.7 Å². The van der Waals surface area contributed by atoms with Crippen LogP contribution in [-0.2, 0) is 0 Å². The number of hydrogen-bond acceptors (Lipinski definition) is 6. The fraction of sp³-hybridized carbons (Fsp3) is 0.476. The third kappa shape index (κ3) is 3.35. The normalized spacial score (nSPS) is 21.1. The fourth-order valence-electron chi connectivity index (χ4n) is 3.71. The second kappa shape index (κ2) is 6.45. The summed E-state index contributed by atoms with van der Waals surface area (Å²) < 4.78 is 34.3. The number of fused-ring (bicyclic) bond motifs is 1. The molecule has 2 aromatic rings. The second-order valence-electron chi connectivity index (χ2n) is 8.37. The van der Waals surface area contributed by atoms with Crippen LogP contribution in [0, 0.1) is 5.82 Å². The van der Waals surface area contributed by atoms with Crippen molar-refractivity contribution >= 4 is 17.2 Å². The predicted molar refractivity (Wildman–Crippen MR) is 104 cm³/mol. The molecule has 1 saturated carbocycles. The smallest absolute Gasteiger partial charge is 0.167 e. The zero-order valence-electron chi connectivity index (χ0n) is 16.2. The maximum absolute atomic E-state index is 14.3. The average molecular weight is 400 g/mol. The van der Waals surface area contributed by atoms with Crippen LogP contribution in [0.2, 0.25) is 0 Å². The summed E-state index contributed by atoms with van der Waals surface area (Å²) in [5, 5.41) is 9.20. The molecule has 0 bridgehead atoms. The Balaban J connectivity index is 1.37. The summed E-state index contributed by atoms with van der Waals surface area (Å²) in [6.45, 7) is 2.46. The van der Waals surface area contributed by atoms with Crippen LogP contribution in [-0.4, -0.2) is 51.8 Å². The Labute approximate surface area is 167 Å². The summed E-state index contributed by atoms with van der Waals surface area (Å²) in [4.78, 5) is 15.0. The lowest BCUT2D eigenvalue weighted by molar-refractivity contribution is 0.0480. The van der Waals surface area contributed by atoms with Gasteiger partial charge in [0.25, 0.3) is 0 Å². The third-order valence-corrected chi connectivity index (χ3v) is 6.01. The van der Waals surface area contributed by atoms with E-state index in [1.54, 1.807) is 6.07 Å². The average Bonchev–Trinajstić information content (AvgIpc) is 3.44. The molecule has 1 N–H and O–H groups in total. The number of anilines is 1. The van der Waals surface area contributed by atoms with E-state index in [0.717, 1.165) is 18.4 Å². The number of hydrogen-bond donors (Lipinski definition) is 1. The van der Waals surface area contributed by atoms with Crippen LogP contribution in [0.5, 0.6) is 5.75 Å². The molecule has 0 amide bonds. The summed E-state index contributed by atoms with van der Waals surface area (Å²) >= 11 is 0. The Morgan fingerprint density at radius 3 is 2.59 bits per heavy atom. The van der Waals surface area contributed by atoms with Crippen molar-refractivity contribution < 1.29 is 18.6 Å². The SMILES string of the molecule is CC1(Oc2cc3c(cc2F)N=C3c2cc(N3CCC(F)(CO)CC3)ncn2)CC1. The highest BCUT2D eigenvalue weighted by atomic mass is 19.1. The highest BCUT2D eigenvalue weighted by Gasteiger charge is 2.41. The number of aliphatic hydroxyl groups is 1. The number of aliphatic hydroxyl groups excluding tert-OH is 1. The van der Waals surface area contributed by atoms with Crippen LogP contribution in [0.15, 0.2) is 29.5 Å². The Morgan fingerprint density at radius 2 is 1.90 bits per heavy atom. The monoisotopic (exact) mass is 400 g/mol. The maximum Gasteiger partial charge on any atom is 0.167 e. The summed E-state index contributed by atoms with van der Waals surface area (Å²) in [6, 6.07) is 4.90. The number of rotatable bonds is 5. The largest absolute Gasteiger partial charge is 0.484 e. The van der Waals surface area contributed by atoms with Gasteiger partial charge in [0.1, 0.15) is 23.4 Å². The Kier molecular flexibility index (Phi) is 4.10. The molecule has 3 aliphatic rings. The number of ether oxygens (including phenoxy) is 1. The molecule has 8 heteroatoms. The minimum atomic E-state index is -1.51. The van der Waals surface area contributed by atoms with E-state index in [-0.39, 0.29) is 24.2 Å². The molecule has 1 aliphatic carbocycles. The van der Waals surface area contributed by atoms with E-state index in [1.807, 2.05) is 17.9 Å². The van der Waals surface area contributed by atoms with Crippen LogP contribution in [0.1, 0.15) is 43.9 Å². The van der Waals surface area contributed by atoms with Crippen LogP contribution < -0.4 is 9.64 Å². The summed E-state index contributed by atoms with van der Waals surface area (Å²) in [6.07, 6.45) is 3.81. The van der Waals surface area contributed by atoms with Gasteiger partial charge >= 0.3 is 0 Å². The van der Waals surface area contributed by atoms with Gasteiger partial charge in [0.15, 0.2) is 11.6 Å². The number of alkyl halides is 1. The molecule has 0 spiro atoms. The first-order chi connectivity index (χ1) is 13.9. The first-order valence-corrected chi connectivity index (χ1v) is 9.87. The molecule has 6 nitrogen and oxygen atoms in total. The molecule has 29 heavy (non-hydrogen) atoms. The van der Waals surface area contributed by atoms with Gasteiger partial charge in [-0.1, -0.05) is 0 Å². The van der Waals surface area contributed by atoms with Gasteiger partial charge in [-0.15, -0.1) is 0 Å². The van der Waals surface area contributed by atoms with Gasteiger partial charge in [-0.05, 0) is 25.8 Å². The number of halogens is 2. The number of benzene rings is 1. The second-order valence-corrected chi connectivity index (χ2v) is 8.37. The number of nitrogens with zero attached hydrogens (tertiary/aromatic N) is 4. The van der Waals surface area contributed by atoms with E-state index in [4.69, 9.17) is 4.74 Å². The molecule has 0 atom stereocenters. The van der Waals surface area contributed by atoms with E-state index >= 15 is 0 Å². The van der Waals surface area contributed by atoms with Crippen LogP contribution >= 0.6 is 0 Å². The van der Waals surface area contributed by atoms with Gasteiger partial charge in [-0.2, -0.15) is 0 Å². The first-order valence-electron chi connectivity index (χ1n) is 9.87. The number of aliphatic imine (C=N–C) groups is 1. The Bertz CT molecular complexity index is 998. The number of piperidine rings is 1.